The number of aliphatic hydroxyl groups excluding tert-OH is 1. The van der Waals surface area contributed by atoms with Crippen LogP contribution < -0.4 is 0 Å². The van der Waals surface area contributed by atoms with E-state index in [4.69, 9.17) is 10.2 Å². The fourth-order valence-electron chi connectivity index (χ4n) is 1.15. The number of hydrogen-bond donors (Lipinski definition) is 2. The van der Waals surface area contributed by atoms with Gasteiger partial charge in [-0.1, -0.05) is 0 Å². The monoisotopic (exact) mass is 159 g/mol. The minimum absolute atomic E-state index is 0.236. The van der Waals surface area contributed by atoms with Crippen LogP contribution in [0.25, 0.3) is 0 Å². The predicted octanol–water partition coefficient (Wildman–Crippen LogP) is -0.496. The van der Waals surface area contributed by atoms with Gasteiger partial charge in [0.25, 0.3) is 0 Å². The number of carbonyl (C=O) groups excluding carboxylic acids is 1. The van der Waals surface area contributed by atoms with Crippen LogP contribution in [-0.2, 0) is 4.79 Å². The molecule has 1 aliphatic rings. The van der Waals surface area contributed by atoms with E-state index in [1.807, 2.05) is 0 Å². The molecule has 0 bridgehead atoms. The Balaban J connectivity index is 2.62. The lowest BCUT2D eigenvalue weighted by molar-refractivity contribution is -0.115. The number of aliphatic hydroxyl groups is 1. The Labute approximate surface area is 63.2 Å². The number of amides is 1. The number of rotatable bonds is 1. The minimum atomic E-state index is -1.18. The topological polar surface area (TPSA) is 77.8 Å². The molecule has 0 aromatic heterocycles. The van der Waals surface area contributed by atoms with Crippen molar-refractivity contribution in [3.8, 4) is 0 Å². The van der Waals surface area contributed by atoms with E-state index >= 15 is 0 Å². The molecule has 0 spiro atoms. The molecule has 1 rings (SSSR count). The first-order chi connectivity index (χ1) is 5.16. The average molecular weight is 159 g/mol. The van der Waals surface area contributed by atoms with Gasteiger partial charge in [-0.15, -0.1) is 0 Å². The molecule has 2 unspecified atom stereocenters. The molecule has 62 valence electrons. The van der Waals surface area contributed by atoms with Gasteiger partial charge in [0.2, 0.25) is 0 Å². The van der Waals surface area contributed by atoms with Gasteiger partial charge in [-0.05, 0) is 6.42 Å². The molecule has 5 nitrogen and oxygen atoms in total. The molecule has 0 aromatic carbocycles. The van der Waals surface area contributed by atoms with Gasteiger partial charge < -0.3 is 15.0 Å². The van der Waals surface area contributed by atoms with Gasteiger partial charge in [-0.2, -0.15) is 0 Å². The lowest BCUT2D eigenvalue weighted by atomic mass is 10.1. The van der Waals surface area contributed by atoms with E-state index in [1.54, 1.807) is 0 Å². The Bertz CT molecular complexity index is 181. The van der Waals surface area contributed by atoms with Gasteiger partial charge >= 0.3 is 6.09 Å². The molecule has 0 aliphatic carbocycles. The highest BCUT2D eigenvalue weighted by Crippen LogP contribution is 2.19. The van der Waals surface area contributed by atoms with Crippen molar-refractivity contribution < 1.29 is 19.8 Å². The molecule has 1 amide bonds. The van der Waals surface area contributed by atoms with Gasteiger partial charge in [-0.25, -0.2) is 4.79 Å². The maximum Gasteiger partial charge on any atom is 0.409 e. The summed E-state index contributed by atoms with van der Waals surface area (Å²) in [7, 11) is 0. The van der Waals surface area contributed by atoms with E-state index in [0.717, 1.165) is 4.90 Å². The molecule has 1 heterocycles. The van der Waals surface area contributed by atoms with E-state index in [-0.39, 0.29) is 6.54 Å². The van der Waals surface area contributed by atoms with Crippen molar-refractivity contribution in [1.82, 2.24) is 4.90 Å². The summed E-state index contributed by atoms with van der Waals surface area (Å²) in [6, 6.07) is 0. The van der Waals surface area contributed by atoms with E-state index < -0.39 is 18.2 Å². The van der Waals surface area contributed by atoms with Gasteiger partial charge in [0.1, 0.15) is 12.5 Å². The van der Waals surface area contributed by atoms with Crippen LogP contribution in [0.5, 0.6) is 0 Å². The molecular formula is C6H9NO4. The lowest BCUT2D eigenvalue weighted by Crippen LogP contribution is -2.36. The first kappa shape index (κ1) is 8.00. The normalized spacial score (nSPS) is 30.5. The summed E-state index contributed by atoms with van der Waals surface area (Å²) in [4.78, 5) is 21.4. The van der Waals surface area contributed by atoms with E-state index in [2.05, 4.69) is 0 Å². The number of likely N-dealkylation sites (tertiary alicyclic amines) is 1. The SMILES string of the molecule is O=CC1CCN(C(=O)O)C1O. The van der Waals surface area contributed by atoms with Gasteiger partial charge in [0.15, 0.2) is 0 Å². The van der Waals surface area contributed by atoms with Crippen molar-refractivity contribution in [1.29, 1.82) is 0 Å². The Morgan fingerprint density at radius 3 is 2.55 bits per heavy atom. The highest BCUT2D eigenvalue weighted by Gasteiger charge is 2.35. The molecule has 1 aliphatic heterocycles. The van der Waals surface area contributed by atoms with Crippen molar-refractivity contribution >= 4 is 12.4 Å². The highest BCUT2D eigenvalue weighted by molar-refractivity contribution is 5.67. The van der Waals surface area contributed by atoms with E-state index in [0.29, 0.717) is 12.7 Å². The lowest BCUT2D eigenvalue weighted by Gasteiger charge is -2.17. The van der Waals surface area contributed by atoms with Gasteiger partial charge in [0.05, 0.1) is 5.92 Å². The maximum atomic E-state index is 10.3. The predicted molar refractivity (Wildman–Crippen MR) is 34.9 cm³/mol. The fourth-order valence-corrected chi connectivity index (χ4v) is 1.15. The molecule has 0 saturated carbocycles. The third kappa shape index (κ3) is 1.32. The summed E-state index contributed by atoms with van der Waals surface area (Å²) < 4.78 is 0. The Morgan fingerprint density at radius 2 is 2.27 bits per heavy atom. The maximum absolute atomic E-state index is 10.3. The van der Waals surface area contributed by atoms with Crippen molar-refractivity contribution in [2.24, 2.45) is 5.92 Å². The summed E-state index contributed by atoms with van der Waals surface area (Å²) in [5.74, 6) is -0.550. The molecule has 1 saturated heterocycles. The molecule has 0 radical (unpaired) electrons. The van der Waals surface area contributed by atoms with Crippen LogP contribution in [0.15, 0.2) is 0 Å². The number of aldehydes is 1. The molecule has 2 N–H and O–H groups in total. The second kappa shape index (κ2) is 2.87. The van der Waals surface area contributed by atoms with Crippen molar-refractivity contribution in [2.45, 2.75) is 12.6 Å². The summed E-state index contributed by atoms with van der Waals surface area (Å²) in [5.41, 5.74) is 0. The Morgan fingerprint density at radius 1 is 1.64 bits per heavy atom. The van der Waals surface area contributed by atoms with Gasteiger partial charge in [0, 0.05) is 6.54 Å². The Kier molecular flexibility index (Phi) is 2.09. The second-order valence-electron chi connectivity index (χ2n) is 2.48. The van der Waals surface area contributed by atoms with Crippen molar-refractivity contribution in [3.05, 3.63) is 0 Å². The largest absolute Gasteiger partial charge is 0.465 e. The summed E-state index contributed by atoms with van der Waals surface area (Å²) in [6.45, 7) is 0.236. The molecule has 0 aromatic rings. The van der Waals surface area contributed by atoms with Crippen LogP contribution in [0.4, 0.5) is 4.79 Å². The second-order valence-corrected chi connectivity index (χ2v) is 2.48. The van der Waals surface area contributed by atoms with Crippen LogP contribution in [0, 0.1) is 5.92 Å². The fraction of sp³-hybridized carbons (Fsp3) is 0.667. The smallest absolute Gasteiger partial charge is 0.409 e. The summed E-state index contributed by atoms with van der Waals surface area (Å²) in [6.07, 6.45) is -1.32. The molecule has 5 heteroatoms. The van der Waals surface area contributed by atoms with E-state index in [1.165, 1.54) is 0 Å². The highest BCUT2D eigenvalue weighted by atomic mass is 16.4. The molecular weight excluding hydrogens is 150 g/mol. The van der Waals surface area contributed by atoms with Crippen LogP contribution in [0.2, 0.25) is 0 Å². The minimum Gasteiger partial charge on any atom is -0.465 e. The zero-order valence-electron chi connectivity index (χ0n) is 5.80. The zero-order valence-corrected chi connectivity index (χ0v) is 5.80. The first-order valence-electron chi connectivity index (χ1n) is 3.29. The van der Waals surface area contributed by atoms with Crippen LogP contribution >= 0.6 is 0 Å². The number of carboxylic acid groups (broad SMARTS) is 1. The van der Waals surface area contributed by atoms with Crippen LogP contribution in [0.3, 0.4) is 0 Å². The number of nitrogens with zero attached hydrogens (tertiary/aromatic N) is 1. The summed E-state index contributed by atoms with van der Waals surface area (Å²) in [5, 5.41) is 17.6. The third-order valence-corrected chi connectivity index (χ3v) is 1.83. The summed E-state index contributed by atoms with van der Waals surface area (Å²) >= 11 is 0. The van der Waals surface area contributed by atoms with Crippen molar-refractivity contribution in [3.63, 3.8) is 0 Å². The molecule has 2 atom stereocenters. The van der Waals surface area contributed by atoms with E-state index in [9.17, 15) is 9.59 Å². The van der Waals surface area contributed by atoms with Crippen LogP contribution in [-0.4, -0.2) is 40.3 Å². The number of carbonyl (C=O) groups is 2. The first-order valence-corrected chi connectivity index (χ1v) is 3.29. The molecule has 11 heavy (non-hydrogen) atoms. The zero-order chi connectivity index (χ0) is 8.43. The van der Waals surface area contributed by atoms with Crippen molar-refractivity contribution in [2.75, 3.05) is 6.54 Å². The Hall–Kier alpha value is -1.10. The average Bonchev–Trinajstić information content (AvgIpc) is 2.30. The molecule has 1 fully saturated rings. The van der Waals surface area contributed by atoms with Crippen LogP contribution in [0.1, 0.15) is 6.42 Å². The number of hydrogen-bond acceptors (Lipinski definition) is 3. The standard InChI is InChI=1S/C6H9NO4/c8-3-4-1-2-7(5(4)9)6(10)11/h3-5,9H,1-2H2,(H,10,11). The quantitative estimate of drug-likeness (QED) is 0.506. The third-order valence-electron chi connectivity index (χ3n) is 1.83. The van der Waals surface area contributed by atoms with Gasteiger partial charge in [-0.3, -0.25) is 4.90 Å².